The molecule has 0 radical (unpaired) electrons. The van der Waals surface area contributed by atoms with Crippen LogP contribution >= 0.6 is 15.9 Å². The third-order valence-electron chi connectivity index (χ3n) is 2.47. The van der Waals surface area contributed by atoms with Crippen LogP contribution in [0.5, 0.6) is 0 Å². The molecule has 0 fully saturated rings. The number of benzene rings is 1. The van der Waals surface area contributed by atoms with Gasteiger partial charge in [-0.2, -0.15) is 0 Å². The van der Waals surface area contributed by atoms with E-state index in [2.05, 4.69) is 20.9 Å². The van der Waals surface area contributed by atoms with Crippen LogP contribution in [0, 0.1) is 5.82 Å². The van der Waals surface area contributed by atoms with Crippen LogP contribution in [0.2, 0.25) is 0 Å². The number of nitrogens with zero attached hydrogens (tertiary/aromatic N) is 1. The Morgan fingerprint density at radius 1 is 1.24 bits per heavy atom. The third kappa shape index (κ3) is 2.90. The molecule has 0 saturated carbocycles. The second kappa shape index (κ2) is 5.38. The average molecular weight is 296 g/mol. The molecule has 0 amide bonds. The Morgan fingerprint density at radius 3 is 2.71 bits per heavy atom. The molecule has 0 bridgehead atoms. The smallest absolute Gasteiger partial charge is 0.147 e. The molecule has 0 aliphatic carbocycles. The number of hydrogen-bond donors (Lipinski definition) is 1. The van der Waals surface area contributed by atoms with E-state index in [9.17, 15) is 9.50 Å². The van der Waals surface area contributed by atoms with Crippen LogP contribution in [-0.2, 0) is 6.42 Å². The fourth-order valence-corrected chi connectivity index (χ4v) is 2.06. The van der Waals surface area contributed by atoms with Crippen molar-refractivity contribution in [3.05, 3.63) is 64.1 Å². The minimum Gasteiger partial charge on any atom is -0.386 e. The molecule has 1 aromatic carbocycles. The zero-order valence-corrected chi connectivity index (χ0v) is 10.6. The van der Waals surface area contributed by atoms with Crippen molar-refractivity contribution in [1.29, 1.82) is 0 Å². The Labute approximate surface area is 107 Å². The molecular formula is C13H11BrFNO. The van der Waals surface area contributed by atoms with Crippen molar-refractivity contribution in [3.63, 3.8) is 0 Å². The van der Waals surface area contributed by atoms with Crippen LogP contribution in [-0.4, -0.2) is 10.1 Å². The van der Waals surface area contributed by atoms with Crippen molar-refractivity contribution in [2.24, 2.45) is 0 Å². The summed E-state index contributed by atoms with van der Waals surface area (Å²) in [4.78, 5) is 3.86. The van der Waals surface area contributed by atoms with E-state index in [1.165, 1.54) is 18.3 Å². The third-order valence-corrected chi connectivity index (χ3v) is 3.25. The van der Waals surface area contributed by atoms with Crippen molar-refractivity contribution in [1.82, 2.24) is 4.98 Å². The standard InChI is InChI=1S/C13H11BrFNO/c14-10-5-2-1-4-9(10)8-12(17)13-11(15)6-3-7-16-13/h1-7,12,17H,8H2. The van der Waals surface area contributed by atoms with E-state index in [-0.39, 0.29) is 5.69 Å². The Morgan fingerprint density at radius 2 is 2.00 bits per heavy atom. The highest BCUT2D eigenvalue weighted by atomic mass is 79.9. The first-order valence-corrected chi connectivity index (χ1v) is 5.99. The number of hydrogen-bond acceptors (Lipinski definition) is 2. The second-order valence-electron chi connectivity index (χ2n) is 3.68. The quantitative estimate of drug-likeness (QED) is 0.943. The fourth-order valence-electron chi connectivity index (χ4n) is 1.61. The summed E-state index contributed by atoms with van der Waals surface area (Å²) >= 11 is 3.39. The van der Waals surface area contributed by atoms with Crippen LogP contribution in [0.3, 0.4) is 0 Å². The van der Waals surface area contributed by atoms with Crippen molar-refractivity contribution in [2.45, 2.75) is 12.5 Å². The molecule has 0 saturated heterocycles. The first kappa shape index (κ1) is 12.2. The zero-order chi connectivity index (χ0) is 12.3. The minimum atomic E-state index is -0.935. The Balaban J connectivity index is 2.20. The van der Waals surface area contributed by atoms with Gasteiger partial charge in [-0.25, -0.2) is 4.39 Å². The lowest BCUT2D eigenvalue weighted by Crippen LogP contribution is -2.07. The molecule has 1 N–H and O–H groups in total. The van der Waals surface area contributed by atoms with E-state index in [0.717, 1.165) is 10.0 Å². The molecular weight excluding hydrogens is 285 g/mol. The van der Waals surface area contributed by atoms with Gasteiger partial charge in [0.15, 0.2) is 0 Å². The van der Waals surface area contributed by atoms with E-state index in [4.69, 9.17) is 0 Å². The summed E-state index contributed by atoms with van der Waals surface area (Å²) in [6.07, 6.45) is 0.867. The number of halogens is 2. The molecule has 88 valence electrons. The first-order chi connectivity index (χ1) is 8.18. The van der Waals surface area contributed by atoms with Gasteiger partial charge in [-0.15, -0.1) is 0 Å². The maximum absolute atomic E-state index is 13.4. The van der Waals surface area contributed by atoms with Crippen molar-refractivity contribution in [3.8, 4) is 0 Å². The van der Waals surface area contributed by atoms with Gasteiger partial charge in [0.05, 0.1) is 0 Å². The van der Waals surface area contributed by atoms with Crippen molar-refractivity contribution in [2.75, 3.05) is 0 Å². The van der Waals surface area contributed by atoms with E-state index in [0.29, 0.717) is 6.42 Å². The van der Waals surface area contributed by atoms with E-state index < -0.39 is 11.9 Å². The van der Waals surface area contributed by atoms with E-state index >= 15 is 0 Å². The summed E-state index contributed by atoms with van der Waals surface area (Å²) in [5.41, 5.74) is 1.01. The predicted octanol–water partition coefficient (Wildman–Crippen LogP) is 3.26. The summed E-state index contributed by atoms with van der Waals surface area (Å²) < 4.78 is 14.3. The molecule has 1 atom stereocenters. The van der Waals surface area contributed by atoms with Gasteiger partial charge in [0.1, 0.15) is 17.6 Å². The Kier molecular flexibility index (Phi) is 3.86. The summed E-state index contributed by atoms with van der Waals surface area (Å²) in [5, 5.41) is 9.96. The normalized spacial score (nSPS) is 12.4. The number of rotatable bonds is 3. The van der Waals surface area contributed by atoms with Gasteiger partial charge in [0.2, 0.25) is 0 Å². The fraction of sp³-hybridized carbons (Fsp3) is 0.154. The molecule has 2 aromatic rings. The molecule has 2 nitrogen and oxygen atoms in total. The lowest BCUT2D eigenvalue weighted by molar-refractivity contribution is 0.168. The van der Waals surface area contributed by atoms with Crippen LogP contribution < -0.4 is 0 Å². The number of aliphatic hydroxyl groups is 1. The molecule has 4 heteroatoms. The minimum absolute atomic E-state index is 0.0863. The molecule has 0 aliphatic heterocycles. The summed E-state index contributed by atoms with van der Waals surface area (Å²) in [6, 6.07) is 10.3. The number of aliphatic hydroxyl groups excluding tert-OH is 1. The largest absolute Gasteiger partial charge is 0.386 e. The summed E-state index contributed by atoms with van der Waals surface area (Å²) in [7, 11) is 0. The molecule has 1 aromatic heterocycles. The highest BCUT2D eigenvalue weighted by Crippen LogP contribution is 2.23. The highest BCUT2D eigenvalue weighted by molar-refractivity contribution is 9.10. The molecule has 2 rings (SSSR count). The van der Waals surface area contributed by atoms with Crippen LogP contribution in [0.4, 0.5) is 4.39 Å². The molecule has 0 aliphatic rings. The highest BCUT2D eigenvalue weighted by Gasteiger charge is 2.15. The molecule has 0 spiro atoms. The van der Waals surface area contributed by atoms with Gasteiger partial charge in [0.25, 0.3) is 0 Å². The maximum atomic E-state index is 13.4. The van der Waals surface area contributed by atoms with Crippen LogP contribution in [0.25, 0.3) is 0 Å². The summed E-state index contributed by atoms with van der Waals surface area (Å²) in [5.74, 6) is -0.480. The van der Waals surface area contributed by atoms with Crippen molar-refractivity contribution >= 4 is 15.9 Å². The average Bonchev–Trinajstić information content (AvgIpc) is 2.32. The number of pyridine rings is 1. The Bertz CT molecular complexity index is 518. The SMILES string of the molecule is OC(Cc1ccccc1Br)c1ncccc1F. The lowest BCUT2D eigenvalue weighted by Gasteiger charge is -2.11. The van der Waals surface area contributed by atoms with Gasteiger partial charge in [-0.3, -0.25) is 4.98 Å². The van der Waals surface area contributed by atoms with Gasteiger partial charge < -0.3 is 5.11 Å². The molecule has 17 heavy (non-hydrogen) atoms. The second-order valence-corrected chi connectivity index (χ2v) is 4.54. The number of aromatic nitrogens is 1. The lowest BCUT2D eigenvalue weighted by atomic mass is 10.1. The van der Waals surface area contributed by atoms with Gasteiger partial charge >= 0.3 is 0 Å². The van der Waals surface area contributed by atoms with Gasteiger partial charge in [0, 0.05) is 17.1 Å². The van der Waals surface area contributed by atoms with Crippen LogP contribution in [0.15, 0.2) is 47.1 Å². The van der Waals surface area contributed by atoms with Gasteiger partial charge in [-0.1, -0.05) is 34.1 Å². The van der Waals surface area contributed by atoms with Gasteiger partial charge in [-0.05, 0) is 23.8 Å². The predicted molar refractivity (Wildman–Crippen MR) is 67.0 cm³/mol. The topological polar surface area (TPSA) is 33.1 Å². The maximum Gasteiger partial charge on any atom is 0.147 e. The van der Waals surface area contributed by atoms with Crippen LogP contribution in [0.1, 0.15) is 17.4 Å². The summed E-state index contributed by atoms with van der Waals surface area (Å²) in [6.45, 7) is 0. The zero-order valence-electron chi connectivity index (χ0n) is 8.98. The first-order valence-electron chi connectivity index (χ1n) is 5.20. The monoisotopic (exact) mass is 295 g/mol. The van der Waals surface area contributed by atoms with E-state index in [1.54, 1.807) is 0 Å². The Hall–Kier alpha value is -1.26. The van der Waals surface area contributed by atoms with Crippen molar-refractivity contribution < 1.29 is 9.50 Å². The molecule has 1 unspecified atom stereocenters. The molecule has 1 heterocycles. The van der Waals surface area contributed by atoms with E-state index in [1.807, 2.05) is 24.3 Å².